The number of primary amides is 1. The van der Waals surface area contributed by atoms with Crippen molar-refractivity contribution in [3.63, 3.8) is 0 Å². The van der Waals surface area contributed by atoms with Gasteiger partial charge in [0, 0.05) is 43.7 Å². The number of piperidine rings is 1. The Balaban J connectivity index is 1.33. The van der Waals surface area contributed by atoms with Crippen molar-refractivity contribution in [2.75, 3.05) is 37.4 Å². The highest BCUT2D eigenvalue weighted by Crippen LogP contribution is 2.49. The zero-order chi connectivity index (χ0) is 30.0. The number of amides is 4. The van der Waals surface area contributed by atoms with Gasteiger partial charge in [-0.3, -0.25) is 19.8 Å². The maximum absolute atomic E-state index is 15.5. The monoisotopic (exact) mass is 578 g/mol. The second-order valence-electron chi connectivity index (χ2n) is 10.8. The SMILES string of the molecule is CN1CCCC(N(C)C(=O)Nc2cc(Oc3ccc(N(C(=O)C4(C(N)=O)CC4)c4ccc(F)cc4)c(F)c3)ccn2)C1. The Kier molecular flexibility index (Phi) is 8.08. The number of likely N-dealkylation sites (N-methyl/N-ethyl adjacent to an activating group) is 2. The molecule has 1 aliphatic heterocycles. The Bertz CT molecular complexity index is 1500. The predicted octanol–water partition coefficient (Wildman–Crippen LogP) is 4.64. The van der Waals surface area contributed by atoms with Gasteiger partial charge >= 0.3 is 6.03 Å². The molecule has 3 aromatic rings. The summed E-state index contributed by atoms with van der Waals surface area (Å²) in [5, 5.41) is 2.77. The second-order valence-corrected chi connectivity index (χ2v) is 10.8. The molecule has 5 rings (SSSR count). The normalized spacial score (nSPS) is 17.7. The summed E-state index contributed by atoms with van der Waals surface area (Å²) in [6, 6.07) is 11.7. The number of hydrogen-bond donors (Lipinski definition) is 2. The molecular weight excluding hydrogens is 546 g/mol. The molecule has 12 heteroatoms. The van der Waals surface area contributed by atoms with E-state index in [-0.39, 0.29) is 47.9 Å². The summed E-state index contributed by atoms with van der Waals surface area (Å²) >= 11 is 0. The molecular formula is C30H32F2N6O4. The Labute approximate surface area is 242 Å². The number of nitrogens with zero attached hydrogens (tertiary/aromatic N) is 4. The molecule has 1 aliphatic carbocycles. The van der Waals surface area contributed by atoms with Gasteiger partial charge in [-0.25, -0.2) is 18.6 Å². The van der Waals surface area contributed by atoms with Gasteiger partial charge in [0.2, 0.25) is 11.8 Å². The minimum absolute atomic E-state index is 0.0868. The van der Waals surface area contributed by atoms with Crippen molar-refractivity contribution in [2.45, 2.75) is 31.7 Å². The van der Waals surface area contributed by atoms with Crippen molar-refractivity contribution in [3.8, 4) is 11.5 Å². The first-order valence-electron chi connectivity index (χ1n) is 13.6. The van der Waals surface area contributed by atoms with Gasteiger partial charge in [-0.15, -0.1) is 0 Å². The molecule has 0 spiro atoms. The van der Waals surface area contributed by atoms with Crippen LogP contribution in [0.4, 0.5) is 30.8 Å². The summed E-state index contributed by atoms with van der Waals surface area (Å²) in [7, 11) is 3.77. The number of pyridine rings is 1. The van der Waals surface area contributed by atoms with E-state index in [0.717, 1.165) is 49.0 Å². The molecule has 42 heavy (non-hydrogen) atoms. The molecule has 1 atom stereocenters. The van der Waals surface area contributed by atoms with Crippen LogP contribution < -0.4 is 20.7 Å². The summed E-state index contributed by atoms with van der Waals surface area (Å²) in [6.45, 7) is 1.79. The number of ether oxygens (including phenoxy) is 1. The van der Waals surface area contributed by atoms with Crippen LogP contribution in [-0.4, -0.2) is 65.9 Å². The number of carbonyl (C=O) groups is 3. The summed E-state index contributed by atoms with van der Waals surface area (Å²) in [5.41, 5.74) is 4.10. The largest absolute Gasteiger partial charge is 0.457 e. The van der Waals surface area contributed by atoms with E-state index in [4.69, 9.17) is 10.5 Å². The van der Waals surface area contributed by atoms with Gasteiger partial charge in [-0.05, 0) is 81.7 Å². The highest BCUT2D eigenvalue weighted by atomic mass is 19.1. The fraction of sp³-hybridized carbons (Fsp3) is 0.333. The number of nitrogens with two attached hydrogens (primary N) is 1. The molecule has 10 nitrogen and oxygen atoms in total. The van der Waals surface area contributed by atoms with E-state index in [0.29, 0.717) is 5.75 Å². The molecule has 2 aliphatic rings. The number of urea groups is 1. The molecule has 1 saturated heterocycles. The third kappa shape index (κ3) is 6.03. The van der Waals surface area contributed by atoms with E-state index in [1.54, 1.807) is 18.0 Å². The lowest BCUT2D eigenvalue weighted by atomic mass is 10.0. The van der Waals surface area contributed by atoms with Crippen LogP contribution in [0.5, 0.6) is 11.5 Å². The Morgan fingerprint density at radius 2 is 1.79 bits per heavy atom. The molecule has 220 valence electrons. The molecule has 0 radical (unpaired) electrons. The third-order valence-corrected chi connectivity index (χ3v) is 7.75. The summed E-state index contributed by atoms with van der Waals surface area (Å²) in [4.78, 5) is 47.4. The molecule has 1 unspecified atom stereocenters. The molecule has 1 saturated carbocycles. The van der Waals surface area contributed by atoms with Crippen LogP contribution in [-0.2, 0) is 9.59 Å². The zero-order valence-electron chi connectivity index (χ0n) is 23.3. The molecule has 2 aromatic carbocycles. The van der Waals surface area contributed by atoms with Gasteiger partial charge < -0.3 is 20.3 Å². The van der Waals surface area contributed by atoms with Crippen molar-refractivity contribution in [2.24, 2.45) is 11.1 Å². The minimum Gasteiger partial charge on any atom is -0.457 e. The minimum atomic E-state index is -1.44. The average molecular weight is 579 g/mol. The Hall–Kier alpha value is -4.58. The zero-order valence-corrected chi connectivity index (χ0v) is 23.3. The summed E-state index contributed by atoms with van der Waals surface area (Å²) in [5.74, 6) is -2.15. The molecule has 1 aromatic heterocycles. The highest BCUT2D eigenvalue weighted by molar-refractivity contribution is 6.16. The van der Waals surface area contributed by atoms with Crippen LogP contribution >= 0.6 is 0 Å². The Morgan fingerprint density at radius 3 is 2.43 bits per heavy atom. The molecule has 3 N–H and O–H groups in total. The number of benzene rings is 2. The van der Waals surface area contributed by atoms with Crippen LogP contribution in [0.1, 0.15) is 25.7 Å². The highest BCUT2D eigenvalue weighted by Gasteiger charge is 2.57. The second kappa shape index (κ2) is 11.7. The van der Waals surface area contributed by atoms with Gasteiger partial charge in [0.05, 0.1) is 5.69 Å². The fourth-order valence-electron chi connectivity index (χ4n) is 5.09. The van der Waals surface area contributed by atoms with Crippen molar-refractivity contribution in [1.82, 2.24) is 14.8 Å². The molecule has 2 fully saturated rings. The van der Waals surface area contributed by atoms with Crippen LogP contribution in [0.15, 0.2) is 60.8 Å². The maximum atomic E-state index is 15.5. The van der Waals surface area contributed by atoms with Gasteiger partial charge in [0.25, 0.3) is 0 Å². The topological polar surface area (TPSA) is 121 Å². The van der Waals surface area contributed by atoms with E-state index >= 15 is 4.39 Å². The lowest BCUT2D eigenvalue weighted by Crippen LogP contribution is -2.48. The average Bonchev–Trinajstić information content (AvgIpc) is 3.78. The van der Waals surface area contributed by atoms with Gasteiger partial charge in [0.15, 0.2) is 5.82 Å². The summed E-state index contributed by atoms with van der Waals surface area (Å²) < 4.78 is 35.0. The van der Waals surface area contributed by atoms with Crippen LogP contribution in [0, 0.1) is 17.0 Å². The fourth-order valence-corrected chi connectivity index (χ4v) is 5.09. The van der Waals surface area contributed by atoms with Crippen LogP contribution in [0.3, 0.4) is 0 Å². The van der Waals surface area contributed by atoms with Crippen LogP contribution in [0.2, 0.25) is 0 Å². The van der Waals surface area contributed by atoms with Crippen molar-refractivity contribution < 1.29 is 27.9 Å². The number of anilines is 3. The quantitative estimate of drug-likeness (QED) is 0.376. The number of nitrogens with one attached hydrogen (secondary N) is 1. The van der Waals surface area contributed by atoms with Crippen molar-refractivity contribution in [1.29, 1.82) is 0 Å². The number of halogens is 2. The van der Waals surface area contributed by atoms with Gasteiger partial charge in [-0.1, -0.05) is 0 Å². The van der Waals surface area contributed by atoms with E-state index in [1.807, 2.05) is 7.05 Å². The number of rotatable bonds is 8. The molecule has 0 bridgehead atoms. The molecule has 4 amide bonds. The van der Waals surface area contributed by atoms with Crippen molar-refractivity contribution >= 4 is 35.0 Å². The lowest BCUT2D eigenvalue weighted by molar-refractivity contribution is -0.133. The molecule has 2 heterocycles. The van der Waals surface area contributed by atoms with E-state index in [9.17, 15) is 18.8 Å². The Morgan fingerprint density at radius 1 is 1.07 bits per heavy atom. The first-order valence-corrected chi connectivity index (χ1v) is 13.6. The van der Waals surface area contributed by atoms with Gasteiger partial charge in [-0.2, -0.15) is 0 Å². The predicted molar refractivity (Wildman–Crippen MR) is 152 cm³/mol. The smallest absolute Gasteiger partial charge is 0.323 e. The van der Waals surface area contributed by atoms with Crippen molar-refractivity contribution in [3.05, 3.63) is 72.4 Å². The number of hydrogen-bond acceptors (Lipinski definition) is 6. The van der Waals surface area contributed by atoms with E-state index < -0.39 is 28.9 Å². The first-order chi connectivity index (χ1) is 20.1. The standard InChI is InChI=1S/C30H32F2N6O4/c1-36-15-3-4-21(18-36)37(2)29(41)35-26-17-23(11-14-34-26)42-22-9-10-25(24(32)16-22)38(20-7-5-19(31)6-8-20)28(40)30(12-13-30)27(33)39/h5-11,14,16-17,21H,3-4,12-13,15,18H2,1-2H3,(H2,33,39)(H,34,35,41). The maximum Gasteiger partial charge on any atom is 0.323 e. The number of likely N-dealkylation sites (tertiary alicyclic amines) is 1. The van der Waals surface area contributed by atoms with Crippen LogP contribution in [0.25, 0.3) is 0 Å². The lowest BCUT2D eigenvalue weighted by Gasteiger charge is -2.35. The van der Waals surface area contributed by atoms with E-state index in [2.05, 4.69) is 15.2 Å². The number of aromatic nitrogens is 1. The third-order valence-electron chi connectivity index (χ3n) is 7.75. The van der Waals surface area contributed by atoms with Gasteiger partial charge in [0.1, 0.15) is 28.5 Å². The van der Waals surface area contributed by atoms with E-state index in [1.165, 1.54) is 36.5 Å². The number of carbonyl (C=O) groups excluding carboxylic acids is 3. The summed E-state index contributed by atoms with van der Waals surface area (Å²) in [6.07, 6.45) is 3.88. The first kappa shape index (κ1) is 28.9.